The predicted molar refractivity (Wildman–Crippen MR) is 77.5 cm³/mol. The molecule has 1 atom stereocenters. The van der Waals surface area contributed by atoms with E-state index in [1.165, 1.54) is 4.88 Å². The van der Waals surface area contributed by atoms with Gasteiger partial charge < -0.3 is 15.3 Å². The fourth-order valence-corrected chi connectivity index (χ4v) is 3.11. The van der Waals surface area contributed by atoms with Crippen LogP contribution in [0.25, 0.3) is 0 Å². The van der Waals surface area contributed by atoms with E-state index in [0.717, 1.165) is 30.7 Å². The summed E-state index contributed by atoms with van der Waals surface area (Å²) in [6.45, 7) is 8.41. The quantitative estimate of drug-likeness (QED) is 0.771. The van der Waals surface area contributed by atoms with E-state index in [-0.39, 0.29) is 6.10 Å². The van der Waals surface area contributed by atoms with Crippen molar-refractivity contribution in [2.24, 2.45) is 0 Å². The largest absolute Gasteiger partial charge is 0.390 e. The van der Waals surface area contributed by atoms with Gasteiger partial charge in [-0.25, -0.2) is 0 Å². The molecule has 0 aliphatic heterocycles. The normalized spacial score (nSPS) is 13.2. The molecular formula is C12H21BrN2OS. The number of aliphatic hydroxyl groups excluding tert-OH is 1. The van der Waals surface area contributed by atoms with Gasteiger partial charge in [-0.2, -0.15) is 0 Å². The first kappa shape index (κ1) is 15.1. The highest BCUT2D eigenvalue weighted by Crippen LogP contribution is 2.21. The average molecular weight is 321 g/mol. The summed E-state index contributed by atoms with van der Waals surface area (Å²) in [6, 6.07) is 2.05. The molecule has 2 N–H and O–H groups in total. The maximum absolute atomic E-state index is 9.87. The molecule has 1 heterocycles. The van der Waals surface area contributed by atoms with E-state index in [2.05, 4.69) is 45.4 Å². The summed E-state index contributed by atoms with van der Waals surface area (Å²) in [5.74, 6) is 0. The molecule has 1 aromatic rings. The number of hydrogen-bond acceptors (Lipinski definition) is 4. The Morgan fingerprint density at radius 2 is 2.18 bits per heavy atom. The second kappa shape index (κ2) is 8.21. The molecule has 0 aliphatic carbocycles. The van der Waals surface area contributed by atoms with Crippen LogP contribution in [0, 0.1) is 0 Å². The molecule has 0 radical (unpaired) electrons. The zero-order chi connectivity index (χ0) is 12.7. The number of hydrogen-bond donors (Lipinski definition) is 2. The van der Waals surface area contributed by atoms with Crippen molar-refractivity contribution < 1.29 is 5.11 Å². The van der Waals surface area contributed by atoms with Crippen LogP contribution in [0.4, 0.5) is 0 Å². The third-order valence-electron chi connectivity index (χ3n) is 2.72. The van der Waals surface area contributed by atoms with E-state index in [0.29, 0.717) is 6.54 Å². The fraction of sp³-hybridized carbons (Fsp3) is 0.667. The lowest BCUT2D eigenvalue weighted by molar-refractivity contribution is 0.116. The highest BCUT2D eigenvalue weighted by molar-refractivity contribution is 9.10. The van der Waals surface area contributed by atoms with E-state index in [9.17, 15) is 5.11 Å². The molecule has 0 spiro atoms. The fourth-order valence-electron chi connectivity index (χ4n) is 1.65. The molecule has 0 saturated carbocycles. The van der Waals surface area contributed by atoms with Crippen LogP contribution in [0.1, 0.15) is 18.7 Å². The second-order valence-corrected chi connectivity index (χ2v) is 5.82. The predicted octanol–water partition coefficient (Wildman–Crippen LogP) is 2.30. The van der Waals surface area contributed by atoms with Gasteiger partial charge in [-0.1, -0.05) is 13.8 Å². The number of thiophene rings is 1. The lowest BCUT2D eigenvalue weighted by Gasteiger charge is -2.21. The van der Waals surface area contributed by atoms with E-state index in [4.69, 9.17) is 0 Å². The van der Waals surface area contributed by atoms with Crippen molar-refractivity contribution in [3.63, 3.8) is 0 Å². The minimum Gasteiger partial charge on any atom is -0.390 e. The van der Waals surface area contributed by atoms with Crippen molar-refractivity contribution in [2.45, 2.75) is 26.5 Å². The molecule has 1 rings (SSSR count). The summed E-state index contributed by atoms with van der Waals surface area (Å²) in [4.78, 5) is 3.51. The van der Waals surface area contributed by atoms with Gasteiger partial charge in [-0.15, -0.1) is 11.3 Å². The standard InChI is InChI=1S/C12H21BrN2OS/c1-3-15(4-2)9-10(16)7-14-8-12-11(13)5-6-17-12/h5-6,10,14,16H,3-4,7-9H2,1-2H3. The minimum atomic E-state index is -0.298. The Balaban J connectivity index is 2.20. The Hall–Kier alpha value is 0.0600. The van der Waals surface area contributed by atoms with Crippen molar-refractivity contribution >= 4 is 27.3 Å². The molecule has 0 fully saturated rings. The van der Waals surface area contributed by atoms with Crippen LogP contribution in [0.2, 0.25) is 0 Å². The molecule has 1 aromatic heterocycles. The first-order valence-corrected chi connectivity index (χ1v) is 7.67. The number of likely N-dealkylation sites (N-methyl/N-ethyl adjacent to an activating group) is 1. The van der Waals surface area contributed by atoms with E-state index in [1.54, 1.807) is 11.3 Å². The van der Waals surface area contributed by atoms with Crippen molar-refractivity contribution in [1.29, 1.82) is 0 Å². The Morgan fingerprint density at radius 3 is 2.71 bits per heavy atom. The van der Waals surface area contributed by atoms with Crippen LogP contribution in [0.15, 0.2) is 15.9 Å². The van der Waals surface area contributed by atoms with Crippen LogP contribution in [-0.4, -0.2) is 42.3 Å². The maximum atomic E-state index is 9.87. The number of rotatable bonds is 8. The Morgan fingerprint density at radius 1 is 1.47 bits per heavy atom. The van der Waals surface area contributed by atoms with Crippen LogP contribution in [-0.2, 0) is 6.54 Å². The van der Waals surface area contributed by atoms with Gasteiger partial charge in [0, 0.05) is 29.0 Å². The monoisotopic (exact) mass is 320 g/mol. The third kappa shape index (κ3) is 5.48. The summed E-state index contributed by atoms with van der Waals surface area (Å²) < 4.78 is 1.15. The van der Waals surface area contributed by atoms with Gasteiger partial charge in [-0.05, 0) is 40.5 Å². The summed E-state index contributed by atoms with van der Waals surface area (Å²) in [6.07, 6.45) is -0.298. The van der Waals surface area contributed by atoms with E-state index in [1.807, 2.05) is 6.07 Å². The molecule has 0 amide bonds. The summed E-state index contributed by atoms with van der Waals surface area (Å²) in [5.41, 5.74) is 0. The smallest absolute Gasteiger partial charge is 0.0791 e. The van der Waals surface area contributed by atoms with Gasteiger partial charge in [0.25, 0.3) is 0 Å². The van der Waals surface area contributed by atoms with Gasteiger partial charge in [0.15, 0.2) is 0 Å². The van der Waals surface area contributed by atoms with Crippen molar-refractivity contribution in [2.75, 3.05) is 26.2 Å². The van der Waals surface area contributed by atoms with Crippen LogP contribution >= 0.6 is 27.3 Å². The zero-order valence-electron chi connectivity index (χ0n) is 10.4. The van der Waals surface area contributed by atoms with Crippen molar-refractivity contribution in [3.8, 4) is 0 Å². The first-order valence-electron chi connectivity index (χ1n) is 6.00. The van der Waals surface area contributed by atoms with Gasteiger partial charge in [0.1, 0.15) is 0 Å². The molecule has 0 aliphatic rings. The van der Waals surface area contributed by atoms with Gasteiger partial charge in [0.2, 0.25) is 0 Å². The molecule has 0 saturated heterocycles. The number of halogens is 1. The summed E-state index contributed by atoms with van der Waals surface area (Å²) >= 11 is 5.22. The van der Waals surface area contributed by atoms with Gasteiger partial charge in [0.05, 0.1) is 6.10 Å². The lowest BCUT2D eigenvalue weighted by atomic mass is 10.3. The number of nitrogens with one attached hydrogen (secondary N) is 1. The first-order chi connectivity index (χ1) is 8.17. The van der Waals surface area contributed by atoms with Gasteiger partial charge in [-0.3, -0.25) is 0 Å². The van der Waals surface area contributed by atoms with Crippen molar-refractivity contribution in [3.05, 3.63) is 20.8 Å². The molecule has 0 aromatic carbocycles. The lowest BCUT2D eigenvalue weighted by Crippen LogP contribution is -2.38. The SMILES string of the molecule is CCN(CC)CC(O)CNCc1sccc1Br. The van der Waals surface area contributed by atoms with E-state index >= 15 is 0 Å². The van der Waals surface area contributed by atoms with Crippen molar-refractivity contribution in [1.82, 2.24) is 10.2 Å². The Kier molecular flexibility index (Phi) is 7.30. The van der Waals surface area contributed by atoms with E-state index < -0.39 is 0 Å². The van der Waals surface area contributed by atoms with Crippen LogP contribution in [0.3, 0.4) is 0 Å². The number of aliphatic hydroxyl groups is 1. The summed E-state index contributed by atoms with van der Waals surface area (Å²) in [5, 5.41) is 15.2. The molecule has 98 valence electrons. The average Bonchev–Trinajstić information content (AvgIpc) is 2.72. The third-order valence-corrected chi connectivity index (χ3v) is 4.65. The molecule has 5 heteroatoms. The highest BCUT2D eigenvalue weighted by atomic mass is 79.9. The van der Waals surface area contributed by atoms with Crippen LogP contribution < -0.4 is 5.32 Å². The minimum absolute atomic E-state index is 0.298. The number of nitrogens with zero attached hydrogens (tertiary/aromatic N) is 1. The maximum Gasteiger partial charge on any atom is 0.0791 e. The highest BCUT2D eigenvalue weighted by Gasteiger charge is 2.09. The molecule has 17 heavy (non-hydrogen) atoms. The molecule has 3 nitrogen and oxygen atoms in total. The Bertz CT molecular complexity index is 315. The molecule has 0 bridgehead atoms. The zero-order valence-corrected chi connectivity index (χ0v) is 12.9. The van der Waals surface area contributed by atoms with Crippen LogP contribution in [0.5, 0.6) is 0 Å². The summed E-state index contributed by atoms with van der Waals surface area (Å²) in [7, 11) is 0. The van der Waals surface area contributed by atoms with Gasteiger partial charge >= 0.3 is 0 Å². The Labute approximate surface area is 116 Å². The topological polar surface area (TPSA) is 35.5 Å². The molecule has 1 unspecified atom stereocenters. The molecular weight excluding hydrogens is 300 g/mol. The second-order valence-electron chi connectivity index (χ2n) is 3.96.